The summed E-state index contributed by atoms with van der Waals surface area (Å²) in [5.74, 6) is 0.192. The number of nitriles is 1. The molecular weight excluding hydrogens is 228 g/mol. The van der Waals surface area contributed by atoms with Gasteiger partial charge in [-0.05, 0) is 12.8 Å². The Morgan fingerprint density at radius 3 is 2.67 bits per heavy atom. The summed E-state index contributed by atoms with van der Waals surface area (Å²) in [6, 6.07) is 2.06. The van der Waals surface area contributed by atoms with E-state index in [0.29, 0.717) is 31.1 Å². The van der Waals surface area contributed by atoms with Crippen molar-refractivity contribution in [1.29, 1.82) is 5.26 Å². The van der Waals surface area contributed by atoms with E-state index in [9.17, 15) is 4.79 Å². The Morgan fingerprint density at radius 1 is 1.44 bits per heavy atom. The SMILES string of the molecule is Cc1cnc(C(=O)N(CCC#N)CC(C)C)cn1. The molecule has 0 aliphatic carbocycles. The third kappa shape index (κ3) is 4.13. The van der Waals surface area contributed by atoms with Crippen LogP contribution in [0.1, 0.15) is 36.5 Å². The molecule has 0 unspecified atom stereocenters. The van der Waals surface area contributed by atoms with Crippen molar-refractivity contribution in [3.63, 3.8) is 0 Å². The van der Waals surface area contributed by atoms with Gasteiger partial charge in [0.15, 0.2) is 0 Å². The Labute approximate surface area is 107 Å². The van der Waals surface area contributed by atoms with Gasteiger partial charge in [-0.2, -0.15) is 5.26 Å². The smallest absolute Gasteiger partial charge is 0.274 e. The van der Waals surface area contributed by atoms with Crippen LogP contribution in [0.5, 0.6) is 0 Å². The lowest BCUT2D eigenvalue weighted by Crippen LogP contribution is -2.35. The lowest BCUT2D eigenvalue weighted by molar-refractivity contribution is 0.0733. The van der Waals surface area contributed by atoms with E-state index < -0.39 is 0 Å². The van der Waals surface area contributed by atoms with Crippen molar-refractivity contribution in [2.24, 2.45) is 5.92 Å². The molecule has 1 amide bonds. The fourth-order valence-electron chi connectivity index (χ4n) is 1.57. The van der Waals surface area contributed by atoms with Gasteiger partial charge >= 0.3 is 0 Å². The summed E-state index contributed by atoms with van der Waals surface area (Å²) in [6.45, 7) is 6.95. The summed E-state index contributed by atoms with van der Waals surface area (Å²) in [7, 11) is 0. The van der Waals surface area contributed by atoms with Crippen molar-refractivity contribution in [1.82, 2.24) is 14.9 Å². The summed E-state index contributed by atoms with van der Waals surface area (Å²) in [4.78, 5) is 22.0. The van der Waals surface area contributed by atoms with Crippen molar-refractivity contribution in [2.75, 3.05) is 13.1 Å². The van der Waals surface area contributed by atoms with Gasteiger partial charge < -0.3 is 4.90 Å². The van der Waals surface area contributed by atoms with Gasteiger partial charge in [-0.3, -0.25) is 9.78 Å². The van der Waals surface area contributed by atoms with Crippen molar-refractivity contribution in [3.8, 4) is 6.07 Å². The molecule has 0 saturated carbocycles. The maximum atomic E-state index is 12.2. The van der Waals surface area contributed by atoms with E-state index in [-0.39, 0.29) is 5.91 Å². The largest absolute Gasteiger partial charge is 0.336 e. The van der Waals surface area contributed by atoms with Crippen molar-refractivity contribution >= 4 is 5.91 Å². The molecule has 0 aliphatic rings. The van der Waals surface area contributed by atoms with Crippen LogP contribution in [0.15, 0.2) is 12.4 Å². The summed E-state index contributed by atoms with van der Waals surface area (Å²) in [6.07, 6.45) is 3.39. The standard InChI is InChI=1S/C13H18N4O/c1-10(2)9-17(6-4-5-14)13(18)12-8-15-11(3)7-16-12/h7-8,10H,4,6,9H2,1-3H3. The molecule has 1 aromatic rings. The number of hydrogen-bond donors (Lipinski definition) is 0. The Morgan fingerprint density at radius 2 is 2.17 bits per heavy atom. The molecule has 1 aromatic heterocycles. The predicted octanol–water partition coefficient (Wildman–Crippen LogP) is 1.80. The fourth-order valence-corrected chi connectivity index (χ4v) is 1.57. The third-order valence-electron chi connectivity index (χ3n) is 2.37. The molecule has 0 saturated heterocycles. The Balaban J connectivity index is 2.81. The Kier molecular flexibility index (Phi) is 5.25. The molecule has 18 heavy (non-hydrogen) atoms. The molecule has 0 fully saturated rings. The second kappa shape index (κ2) is 6.70. The van der Waals surface area contributed by atoms with E-state index in [4.69, 9.17) is 5.26 Å². The van der Waals surface area contributed by atoms with Crippen molar-refractivity contribution in [3.05, 3.63) is 23.8 Å². The van der Waals surface area contributed by atoms with Gasteiger partial charge in [0, 0.05) is 19.3 Å². The molecule has 0 atom stereocenters. The Bertz CT molecular complexity index is 433. The quantitative estimate of drug-likeness (QED) is 0.794. The van der Waals surface area contributed by atoms with Gasteiger partial charge in [0.05, 0.1) is 24.4 Å². The highest BCUT2D eigenvalue weighted by molar-refractivity contribution is 5.92. The van der Waals surface area contributed by atoms with Crippen LogP contribution in [0.25, 0.3) is 0 Å². The van der Waals surface area contributed by atoms with Crippen LogP contribution in [0, 0.1) is 24.2 Å². The number of nitrogens with zero attached hydrogens (tertiary/aromatic N) is 4. The van der Waals surface area contributed by atoms with Crippen LogP contribution in [0.4, 0.5) is 0 Å². The van der Waals surface area contributed by atoms with E-state index in [2.05, 4.69) is 16.0 Å². The van der Waals surface area contributed by atoms with Crippen molar-refractivity contribution in [2.45, 2.75) is 27.2 Å². The highest BCUT2D eigenvalue weighted by atomic mass is 16.2. The summed E-state index contributed by atoms with van der Waals surface area (Å²) in [5.41, 5.74) is 1.11. The third-order valence-corrected chi connectivity index (χ3v) is 2.37. The van der Waals surface area contributed by atoms with E-state index in [1.807, 2.05) is 20.8 Å². The van der Waals surface area contributed by atoms with Crippen LogP contribution in [-0.2, 0) is 0 Å². The van der Waals surface area contributed by atoms with E-state index in [1.165, 1.54) is 6.20 Å². The van der Waals surface area contributed by atoms with Crippen LogP contribution in [0.2, 0.25) is 0 Å². The summed E-state index contributed by atoms with van der Waals surface area (Å²) < 4.78 is 0. The number of aryl methyl sites for hydroxylation is 1. The van der Waals surface area contributed by atoms with E-state index in [1.54, 1.807) is 11.1 Å². The predicted molar refractivity (Wildman–Crippen MR) is 67.7 cm³/mol. The lowest BCUT2D eigenvalue weighted by Gasteiger charge is -2.23. The topological polar surface area (TPSA) is 69.9 Å². The first-order valence-electron chi connectivity index (χ1n) is 5.99. The van der Waals surface area contributed by atoms with Crippen LogP contribution in [0.3, 0.4) is 0 Å². The molecular formula is C13H18N4O. The molecule has 0 radical (unpaired) electrons. The number of carbonyl (C=O) groups excluding carboxylic acids is 1. The lowest BCUT2D eigenvalue weighted by atomic mass is 10.2. The van der Waals surface area contributed by atoms with Crippen LogP contribution >= 0.6 is 0 Å². The second-order valence-corrected chi connectivity index (χ2v) is 4.60. The molecule has 1 rings (SSSR count). The minimum Gasteiger partial charge on any atom is -0.336 e. The molecule has 96 valence electrons. The van der Waals surface area contributed by atoms with E-state index >= 15 is 0 Å². The maximum Gasteiger partial charge on any atom is 0.274 e. The molecule has 5 heteroatoms. The molecule has 0 aliphatic heterocycles. The number of amides is 1. The van der Waals surface area contributed by atoms with Gasteiger partial charge in [-0.1, -0.05) is 13.8 Å². The average molecular weight is 246 g/mol. The number of carbonyl (C=O) groups is 1. The Hall–Kier alpha value is -1.96. The van der Waals surface area contributed by atoms with Gasteiger partial charge in [0.1, 0.15) is 5.69 Å². The monoisotopic (exact) mass is 246 g/mol. The number of aromatic nitrogens is 2. The normalized spacial score (nSPS) is 10.2. The van der Waals surface area contributed by atoms with Crippen LogP contribution in [-0.4, -0.2) is 33.9 Å². The second-order valence-electron chi connectivity index (χ2n) is 4.60. The molecule has 1 heterocycles. The van der Waals surface area contributed by atoms with Gasteiger partial charge in [0.2, 0.25) is 0 Å². The average Bonchev–Trinajstić information content (AvgIpc) is 2.34. The zero-order chi connectivity index (χ0) is 13.5. The highest BCUT2D eigenvalue weighted by Crippen LogP contribution is 2.06. The summed E-state index contributed by atoms with van der Waals surface area (Å²) >= 11 is 0. The first-order chi connectivity index (χ1) is 8.54. The van der Waals surface area contributed by atoms with Gasteiger partial charge in [0.25, 0.3) is 5.91 Å². The van der Waals surface area contributed by atoms with Crippen LogP contribution < -0.4 is 0 Å². The molecule has 5 nitrogen and oxygen atoms in total. The number of hydrogen-bond acceptors (Lipinski definition) is 4. The van der Waals surface area contributed by atoms with E-state index in [0.717, 1.165) is 5.69 Å². The number of rotatable bonds is 5. The zero-order valence-electron chi connectivity index (χ0n) is 11.1. The zero-order valence-corrected chi connectivity index (χ0v) is 11.1. The van der Waals surface area contributed by atoms with Gasteiger partial charge in [-0.25, -0.2) is 4.98 Å². The molecule has 0 bridgehead atoms. The first kappa shape index (κ1) is 14.1. The minimum atomic E-state index is -0.161. The fraction of sp³-hybridized carbons (Fsp3) is 0.538. The summed E-state index contributed by atoms with van der Waals surface area (Å²) in [5, 5.41) is 8.62. The van der Waals surface area contributed by atoms with Crippen molar-refractivity contribution < 1.29 is 4.79 Å². The minimum absolute atomic E-state index is 0.161. The molecule has 0 spiro atoms. The highest BCUT2D eigenvalue weighted by Gasteiger charge is 2.17. The maximum absolute atomic E-state index is 12.2. The molecule has 0 aromatic carbocycles. The molecule has 0 N–H and O–H groups in total. The first-order valence-corrected chi connectivity index (χ1v) is 5.99. The van der Waals surface area contributed by atoms with Gasteiger partial charge in [-0.15, -0.1) is 0 Å².